The third-order valence-electron chi connectivity index (χ3n) is 3.04. The summed E-state index contributed by atoms with van der Waals surface area (Å²) >= 11 is 0. The van der Waals surface area contributed by atoms with Crippen molar-refractivity contribution in [1.29, 1.82) is 0 Å². The number of carbonyl (C=O) groups is 2. The Bertz CT molecular complexity index is 599. The molecule has 142 valence electrons. The molecule has 9 nitrogen and oxygen atoms in total. The lowest BCUT2D eigenvalue weighted by Gasteiger charge is -2.20. The zero-order valence-electron chi connectivity index (χ0n) is 15.8. The molecule has 2 N–H and O–H groups in total. The van der Waals surface area contributed by atoms with Gasteiger partial charge in [0.2, 0.25) is 0 Å². The van der Waals surface area contributed by atoms with Crippen LogP contribution in [0.15, 0.2) is 0 Å². The highest BCUT2D eigenvalue weighted by Crippen LogP contribution is 2.13. The smallest absolute Gasteiger partial charge is 0.407 e. The summed E-state index contributed by atoms with van der Waals surface area (Å²) in [5.74, 6) is -0.613. The molecule has 0 spiro atoms. The van der Waals surface area contributed by atoms with Gasteiger partial charge in [-0.3, -0.25) is 0 Å². The van der Waals surface area contributed by atoms with E-state index in [0.29, 0.717) is 18.7 Å². The summed E-state index contributed by atoms with van der Waals surface area (Å²) in [4.78, 5) is 23.9. The van der Waals surface area contributed by atoms with Gasteiger partial charge in [-0.05, 0) is 48.0 Å². The van der Waals surface area contributed by atoms with Crippen molar-refractivity contribution in [2.45, 2.75) is 72.3 Å². The minimum atomic E-state index is -0.897. The standard InChI is InChI=1S/C16H28N4O5/c1-7-24-13(21)12-11(10-17-14(22)25-15(2,3)4)20(19-18-12)9-8-16(5,6)23/h23H,7-10H2,1-6H3,(H,17,22). The largest absolute Gasteiger partial charge is 0.461 e. The first-order valence-corrected chi connectivity index (χ1v) is 8.21. The zero-order valence-corrected chi connectivity index (χ0v) is 15.8. The van der Waals surface area contributed by atoms with E-state index in [2.05, 4.69) is 15.6 Å². The molecule has 0 radical (unpaired) electrons. The van der Waals surface area contributed by atoms with Crippen molar-refractivity contribution >= 4 is 12.1 Å². The van der Waals surface area contributed by atoms with Crippen molar-refractivity contribution in [2.24, 2.45) is 0 Å². The topological polar surface area (TPSA) is 116 Å². The highest BCUT2D eigenvalue weighted by molar-refractivity contribution is 5.88. The minimum Gasteiger partial charge on any atom is -0.461 e. The number of aliphatic hydroxyl groups is 1. The van der Waals surface area contributed by atoms with E-state index in [0.717, 1.165) is 0 Å². The van der Waals surface area contributed by atoms with Gasteiger partial charge in [-0.15, -0.1) is 5.10 Å². The SMILES string of the molecule is CCOC(=O)c1nnn(CCC(C)(C)O)c1CNC(=O)OC(C)(C)C. The van der Waals surface area contributed by atoms with E-state index in [4.69, 9.17) is 9.47 Å². The van der Waals surface area contributed by atoms with Crippen molar-refractivity contribution in [1.82, 2.24) is 20.3 Å². The van der Waals surface area contributed by atoms with Crippen LogP contribution in [0.1, 0.15) is 64.1 Å². The zero-order chi connectivity index (χ0) is 19.3. The Balaban J connectivity index is 2.92. The lowest BCUT2D eigenvalue weighted by Crippen LogP contribution is -2.33. The van der Waals surface area contributed by atoms with Gasteiger partial charge in [-0.25, -0.2) is 14.3 Å². The van der Waals surface area contributed by atoms with E-state index in [1.165, 1.54) is 4.68 Å². The number of aryl methyl sites for hydroxylation is 1. The van der Waals surface area contributed by atoms with E-state index in [9.17, 15) is 14.7 Å². The maximum Gasteiger partial charge on any atom is 0.407 e. The van der Waals surface area contributed by atoms with Gasteiger partial charge < -0.3 is 19.9 Å². The number of hydrogen-bond acceptors (Lipinski definition) is 7. The molecule has 0 bridgehead atoms. The van der Waals surface area contributed by atoms with Crippen LogP contribution in [0.5, 0.6) is 0 Å². The molecular weight excluding hydrogens is 328 g/mol. The monoisotopic (exact) mass is 356 g/mol. The van der Waals surface area contributed by atoms with Crippen LogP contribution in [0.25, 0.3) is 0 Å². The van der Waals surface area contributed by atoms with Gasteiger partial charge in [0.05, 0.1) is 24.4 Å². The molecule has 1 amide bonds. The number of esters is 1. The third kappa shape index (κ3) is 7.51. The first kappa shape index (κ1) is 20.9. The lowest BCUT2D eigenvalue weighted by atomic mass is 10.1. The Kier molecular flexibility index (Phi) is 6.92. The second-order valence-corrected chi connectivity index (χ2v) is 7.25. The fourth-order valence-electron chi connectivity index (χ4n) is 1.89. The molecule has 1 aromatic heterocycles. The molecule has 0 aliphatic heterocycles. The van der Waals surface area contributed by atoms with Gasteiger partial charge >= 0.3 is 12.1 Å². The number of alkyl carbamates (subject to hydrolysis) is 1. The van der Waals surface area contributed by atoms with Crippen molar-refractivity contribution in [3.63, 3.8) is 0 Å². The van der Waals surface area contributed by atoms with Crippen LogP contribution in [-0.2, 0) is 22.6 Å². The normalized spacial score (nSPS) is 12.0. The Morgan fingerprint density at radius 3 is 2.40 bits per heavy atom. The highest BCUT2D eigenvalue weighted by atomic mass is 16.6. The predicted octanol–water partition coefficient (Wildman–Crippen LogP) is 1.64. The number of carbonyl (C=O) groups excluding carboxylic acids is 2. The number of nitrogens with zero attached hydrogens (tertiary/aromatic N) is 3. The molecule has 1 heterocycles. The summed E-state index contributed by atoms with van der Waals surface area (Å²) in [5, 5.41) is 20.2. The third-order valence-corrected chi connectivity index (χ3v) is 3.04. The maximum atomic E-state index is 12.0. The van der Waals surface area contributed by atoms with Gasteiger partial charge in [-0.2, -0.15) is 0 Å². The number of aromatic nitrogens is 3. The molecule has 9 heteroatoms. The summed E-state index contributed by atoms with van der Waals surface area (Å²) < 4.78 is 11.6. The number of ether oxygens (including phenoxy) is 2. The molecule has 0 saturated carbocycles. The number of hydrogen-bond donors (Lipinski definition) is 2. The van der Waals surface area contributed by atoms with Crippen molar-refractivity contribution in [2.75, 3.05) is 6.61 Å². The van der Waals surface area contributed by atoms with Crippen molar-refractivity contribution in [3.05, 3.63) is 11.4 Å². The summed E-state index contributed by atoms with van der Waals surface area (Å²) in [5.41, 5.74) is -1.10. The number of rotatable bonds is 7. The molecule has 0 aromatic carbocycles. The summed E-state index contributed by atoms with van der Waals surface area (Å²) in [6, 6.07) is 0. The molecule has 25 heavy (non-hydrogen) atoms. The first-order valence-electron chi connectivity index (χ1n) is 8.21. The highest BCUT2D eigenvalue weighted by Gasteiger charge is 2.24. The summed E-state index contributed by atoms with van der Waals surface area (Å²) in [6.45, 7) is 10.8. The quantitative estimate of drug-likeness (QED) is 0.713. The van der Waals surface area contributed by atoms with E-state index in [-0.39, 0.29) is 18.8 Å². The van der Waals surface area contributed by atoms with Crippen LogP contribution in [0, 0.1) is 0 Å². The van der Waals surface area contributed by atoms with Crippen LogP contribution < -0.4 is 5.32 Å². The molecular formula is C16H28N4O5. The van der Waals surface area contributed by atoms with Crippen LogP contribution >= 0.6 is 0 Å². The van der Waals surface area contributed by atoms with Crippen LogP contribution in [-0.4, -0.2) is 50.0 Å². The second-order valence-electron chi connectivity index (χ2n) is 7.25. The lowest BCUT2D eigenvalue weighted by molar-refractivity contribution is 0.0496. The van der Waals surface area contributed by atoms with Gasteiger partial charge in [-0.1, -0.05) is 5.21 Å². The molecule has 0 unspecified atom stereocenters. The Hall–Kier alpha value is -2.16. The van der Waals surface area contributed by atoms with Gasteiger partial charge in [0.25, 0.3) is 0 Å². The molecule has 1 rings (SSSR count). The van der Waals surface area contributed by atoms with Crippen LogP contribution in [0.2, 0.25) is 0 Å². The first-order chi connectivity index (χ1) is 11.4. The fraction of sp³-hybridized carbons (Fsp3) is 0.750. The van der Waals surface area contributed by atoms with Crippen LogP contribution in [0.4, 0.5) is 4.79 Å². The fourth-order valence-corrected chi connectivity index (χ4v) is 1.89. The molecule has 0 aliphatic rings. The Morgan fingerprint density at radius 1 is 1.24 bits per heavy atom. The average molecular weight is 356 g/mol. The van der Waals surface area contributed by atoms with Crippen LogP contribution in [0.3, 0.4) is 0 Å². The second kappa shape index (κ2) is 8.28. The molecule has 0 atom stereocenters. The van der Waals surface area contributed by atoms with E-state index in [1.54, 1.807) is 41.5 Å². The van der Waals surface area contributed by atoms with Gasteiger partial charge in [0, 0.05) is 6.54 Å². The minimum absolute atomic E-state index is 0.00190. The van der Waals surface area contributed by atoms with E-state index >= 15 is 0 Å². The summed E-state index contributed by atoms with van der Waals surface area (Å²) in [6.07, 6.45) is -0.213. The van der Waals surface area contributed by atoms with E-state index < -0.39 is 23.3 Å². The molecule has 0 fully saturated rings. The van der Waals surface area contributed by atoms with E-state index in [1.807, 2.05) is 0 Å². The van der Waals surface area contributed by atoms with Crippen molar-refractivity contribution < 1.29 is 24.2 Å². The average Bonchev–Trinajstić information content (AvgIpc) is 2.83. The Morgan fingerprint density at radius 2 is 1.88 bits per heavy atom. The predicted molar refractivity (Wildman–Crippen MR) is 90.0 cm³/mol. The molecule has 0 aliphatic carbocycles. The number of nitrogens with one attached hydrogen (secondary N) is 1. The Labute approximate surface area is 147 Å². The maximum absolute atomic E-state index is 12.0. The van der Waals surface area contributed by atoms with Crippen molar-refractivity contribution in [3.8, 4) is 0 Å². The molecule has 0 saturated heterocycles. The van der Waals surface area contributed by atoms with Gasteiger partial charge in [0.1, 0.15) is 5.60 Å². The molecule has 1 aromatic rings. The summed E-state index contributed by atoms with van der Waals surface area (Å²) in [7, 11) is 0. The number of amides is 1. The van der Waals surface area contributed by atoms with Gasteiger partial charge in [0.15, 0.2) is 5.69 Å².